The molecule has 0 saturated carbocycles. The van der Waals surface area contributed by atoms with E-state index in [1.807, 2.05) is 6.07 Å². The van der Waals surface area contributed by atoms with Crippen LogP contribution in [0, 0.1) is 0 Å². The van der Waals surface area contributed by atoms with Crippen LogP contribution in [0.3, 0.4) is 0 Å². The molecule has 3 aromatic carbocycles. The summed E-state index contributed by atoms with van der Waals surface area (Å²) in [7, 11) is 1.31. The van der Waals surface area contributed by atoms with Crippen molar-refractivity contribution in [1.29, 1.82) is 0 Å². The van der Waals surface area contributed by atoms with Gasteiger partial charge in [0.1, 0.15) is 0 Å². The third-order valence-electron chi connectivity index (χ3n) is 4.30. The lowest BCUT2D eigenvalue weighted by molar-refractivity contribution is -0.114. The van der Waals surface area contributed by atoms with Gasteiger partial charge in [-0.3, -0.25) is 9.59 Å². The zero-order valence-electron chi connectivity index (χ0n) is 16.1. The summed E-state index contributed by atoms with van der Waals surface area (Å²) in [6.45, 7) is -0.0286. The van der Waals surface area contributed by atoms with Gasteiger partial charge in [0.05, 0.1) is 24.9 Å². The van der Waals surface area contributed by atoms with E-state index in [4.69, 9.17) is 11.6 Å². The molecule has 0 bridgehead atoms. The standard InChI is InChI=1S/C23H19ClN2O4/c1-30-23(29)16-7-10-18(11-8-16)25-14-21(27)26-20-12-9-17(24)13-19(20)22(28)15-5-3-2-4-6-15/h2-13,25H,14H2,1H3,(H,26,27). The van der Waals surface area contributed by atoms with Crippen molar-refractivity contribution >= 4 is 40.6 Å². The van der Waals surface area contributed by atoms with Crippen molar-refractivity contribution < 1.29 is 19.1 Å². The third-order valence-corrected chi connectivity index (χ3v) is 4.53. The lowest BCUT2D eigenvalue weighted by atomic mass is 10.0. The van der Waals surface area contributed by atoms with Crippen LogP contribution in [0.2, 0.25) is 5.02 Å². The molecule has 7 heteroatoms. The molecule has 3 rings (SSSR count). The Bertz CT molecular complexity index is 1070. The van der Waals surface area contributed by atoms with Crippen LogP contribution in [0.4, 0.5) is 11.4 Å². The maximum Gasteiger partial charge on any atom is 0.337 e. The number of esters is 1. The number of nitrogens with one attached hydrogen (secondary N) is 2. The van der Waals surface area contributed by atoms with E-state index in [0.717, 1.165) is 0 Å². The number of rotatable bonds is 7. The van der Waals surface area contributed by atoms with Crippen molar-refractivity contribution in [2.45, 2.75) is 0 Å². The Balaban J connectivity index is 1.68. The van der Waals surface area contributed by atoms with E-state index in [9.17, 15) is 14.4 Å². The Hall–Kier alpha value is -3.64. The number of carbonyl (C=O) groups excluding carboxylic acids is 3. The zero-order valence-corrected chi connectivity index (χ0v) is 16.9. The Morgan fingerprint density at radius 1 is 0.900 bits per heavy atom. The normalized spacial score (nSPS) is 10.2. The summed E-state index contributed by atoms with van der Waals surface area (Å²) in [5.74, 6) is -1.01. The molecule has 0 unspecified atom stereocenters. The molecule has 1 amide bonds. The molecule has 0 fully saturated rings. The van der Waals surface area contributed by atoms with Crippen LogP contribution >= 0.6 is 11.6 Å². The van der Waals surface area contributed by atoms with E-state index in [-0.39, 0.29) is 18.2 Å². The van der Waals surface area contributed by atoms with Gasteiger partial charge in [-0.1, -0.05) is 41.9 Å². The van der Waals surface area contributed by atoms with Gasteiger partial charge in [-0.15, -0.1) is 0 Å². The molecular weight excluding hydrogens is 404 g/mol. The molecule has 0 aliphatic heterocycles. The fraction of sp³-hybridized carbons (Fsp3) is 0.0870. The van der Waals surface area contributed by atoms with Gasteiger partial charge < -0.3 is 15.4 Å². The van der Waals surface area contributed by atoms with Gasteiger partial charge in [-0.05, 0) is 42.5 Å². The number of ketones is 1. The molecule has 152 valence electrons. The molecule has 0 aliphatic rings. The predicted molar refractivity (Wildman–Crippen MR) is 116 cm³/mol. The monoisotopic (exact) mass is 422 g/mol. The van der Waals surface area contributed by atoms with Crippen LogP contribution in [0.1, 0.15) is 26.3 Å². The largest absolute Gasteiger partial charge is 0.465 e. The first-order valence-electron chi connectivity index (χ1n) is 9.09. The Kier molecular flexibility index (Phi) is 6.83. The minimum atomic E-state index is -0.433. The summed E-state index contributed by atoms with van der Waals surface area (Å²) < 4.78 is 4.65. The van der Waals surface area contributed by atoms with Gasteiger partial charge in [-0.2, -0.15) is 0 Å². The van der Waals surface area contributed by atoms with Crippen LogP contribution in [0.25, 0.3) is 0 Å². The molecule has 30 heavy (non-hydrogen) atoms. The Labute approximate surface area is 178 Å². The Morgan fingerprint density at radius 3 is 2.27 bits per heavy atom. The molecule has 0 aromatic heterocycles. The number of halogens is 1. The number of hydrogen-bond donors (Lipinski definition) is 2. The summed E-state index contributed by atoms with van der Waals surface area (Å²) in [6.07, 6.45) is 0. The fourth-order valence-corrected chi connectivity index (χ4v) is 2.95. The molecule has 2 N–H and O–H groups in total. The highest BCUT2D eigenvalue weighted by molar-refractivity contribution is 6.31. The first-order valence-corrected chi connectivity index (χ1v) is 9.47. The molecular formula is C23H19ClN2O4. The highest BCUT2D eigenvalue weighted by Crippen LogP contribution is 2.24. The molecule has 0 aliphatic carbocycles. The number of anilines is 2. The second kappa shape index (κ2) is 9.71. The maximum atomic E-state index is 12.8. The molecule has 3 aromatic rings. The van der Waals surface area contributed by atoms with Crippen molar-refractivity contribution in [1.82, 2.24) is 0 Å². The summed E-state index contributed by atoms with van der Waals surface area (Å²) in [5, 5.41) is 6.11. The van der Waals surface area contributed by atoms with Crippen molar-refractivity contribution in [2.24, 2.45) is 0 Å². The second-order valence-electron chi connectivity index (χ2n) is 6.36. The topological polar surface area (TPSA) is 84.5 Å². The van der Waals surface area contributed by atoms with Crippen LogP contribution < -0.4 is 10.6 Å². The van der Waals surface area contributed by atoms with E-state index >= 15 is 0 Å². The summed E-state index contributed by atoms with van der Waals surface area (Å²) >= 11 is 6.06. The third kappa shape index (κ3) is 5.24. The number of methoxy groups -OCH3 is 1. The van der Waals surface area contributed by atoms with E-state index in [0.29, 0.717) is 33.1 Å². The second-order valence-corrected chi connectivity index (χ2v) is 6.79. The minimum Gasteiger partial charge on any atom is -0.465 e. The van der Waals surface area contributed by atoms with Crippen LogP contribution in [0.15, 0.2) is 72.8 Å². The van der Waals surface area contributed by atoms with Crippen molar-refractivity contribution in [3.05, 3.63) is 94.5 Å². The van der Waals surface area contributed by atoms with Crippen LogP contribution in [0.5, 0.6) is 0 Å². The van der Waals surface area contributed by atoms with Gasteiger partial charge in [0.25, 0.3) is 0 Å². The number of benzene rings is 3. The molecule has 0 heterocycles. The molecule has 0 atom stereocenters. The van der Waals surface area contributed by atoms with Crippen LogP contribution in [-0.4, -0.2) is 31.3 Å². The van der Waals surface area contributed by atoms with Gasteiger partial charge in [0.2, 0.25) is 5.91 Å². The average molecular weight is 423 g/mol. The predicted octanol–water partition coefficient (Wildman–Crippen LogP) is 4.41. The van der Waals surface area contributed by atoms with E-state index < -0.39 is 5.97 Å². The first kappa shape index (κ1) is 21.1. The molecule has 0 saturated heterocycles. The number of hydrogen-bond acceptors (Lipinski definition) is 5. The van der Waals surface area contributed by atoms with E-state index in [1.54, 1.807) is 60.7 Å². The van der Waals surface area contributed by atoms with Crippen LogP contribution in [-0.2, 0) is 9.53 Å². The van der Waals surface area contributed by atoms with Crippen molar-refractivity contribution in [3.63, 3.8) is 0 Å². The van der Waals surface area contributed by atoms with E-state index in [1.165, 1.54) is 13.2 Å². The molecule has 0 radical (unpaired) electrons. The van der Waals surface area contributed by atoms with Gasteiger partial charge in [-0.25, -0.2) is 4.79 Å². The highest BCUT2D eigenvalue weighted by Gasteiger charge is 2.16. The average Bonchev–Trinajstić information content (AvgIpc) is 2.78. The zero-order chi connectivity index (χ0) is 21.5. The maximum absolute atomic E-state index is 12.8. The SMILES string of the molecule is COC(=O)c1ccc(NCC(=O)Nc2ccc(Cl)cc2C(=O)c2ccccc2)cc1. The molecule has 0 spiro atoms. The summed E-state index contributed by atoms with van der Waals surface area (Å²) in [6, 6.07) is 20.0. The number of carbonyl (C=O) groups is 3. The Morgan fingerprint density at radius 2 is 1.60 bits per heavy atom. The van der Waals surface area contributed by atoms with Crippen molar-refractivity contribution in [2.75, 3.05) is 24.3 Å². The quantitative estimate of drug-likeness (QED) is 0.435. The first-order chi connectivity index (χ1) is 14.5. The van der Waals surface area contributed by atoms with E-state index in [2.05, 4.69) is 15.4 Å². The fourth-order valence-electron chi connectivity index (χ4n) is 2.78. The number of amides is 1. The number of ether oxygens (including phenoxy) is 1. The van der Waals surface area contributed by atoms with Gasteiger partial charge in [0, 0.05) is 21.8 Å². The molecule has 6 nitrogen and oxygen atoms in total. The van der Waals surface area contributed by atoms with Gasteiger partial charge in [0.15, 0.2) is 5.78 Å². The minimum absolute atomic E-state index is 0.0286. The lowest BCUT2D eigenvalue weighted by Gasteiger charge is -2.12. The van der Waals surface area contributed by atoms with Crippen molar-refractivity contribution in [3.8, 4) is 0 Å². The van der Waals surface area contributed by atoms with Gasteiger partial charge >= 0.3 is 5.97 Å². The summed E-state index contributed by atoms with van der Waals surface area (Å²) in [5.41, 5.74) is 2.26. The summed E-state index contributed by atoms with van der Waals surface area (Å²) in [4.78, 5) is 36.7. The smallest absolute Gasteiger partial charge is 0.337 e. The lowest BCUT2D eigenvalue weighted by Crippen LogP contribution is -2.23. The highest BCUT2D eigenvalue weighted by atomic mass is 35.5.